The monoisotopic (exact) mass is 320 g/mol. The first-order valence-corrected chi connectivity index (χ1v) is 8.10. The van der Waals surface area contributed by atoms with E-state index in [1.54, 1.807) is 0 Å². The predicted octanol–water partition coefficient (Wildman–Crippen LogP) is 5.04. The van der Waals surface area contributed by atoms with Gasteiger partial charge in [-0.1, -0.05) is 35.7 Å². The predicted molar refractivity (Wildman–Crippen MR) is 88.8 cm³/mol. The lowest BCUT2D eigenvalue weighted by Gasteiger charge is -2.26. The summed E-state index contributed by atoms with van der Waals surface area (Å²) in [6.07, 6.45) is 7.80. The summed E-state index contributed by atoms with van der Waals surface area (Å²) in [6.45, 7) is 3.36. The number of halogens is 2. The van der Waals surface area contributed by atoms with Crippen LogP contribution in [-0.4, -0.2) is 23.0 Å². The summed E-state index contributed by atoms with van der Waals surface area (Å²) in [6, 6.07) is 7.90. The highest BCUT2D eigenvalue weighted by Gasteiger charge is 2.11. The molecule has 1 aliphatic rings. The minimum Gasteiger partial charge on any atom is -0.299 e. The Hall–Kier alpha value is -1.09. The van der Waals surface area contributed by atoms with Crippen LogP contribution in [0.15, 0.2) is 36.7 Å². The topological polar surface area (TPSA) is 16.1 Å². The van der Waals surface area contributed by atoms with Gasteiger partial charge in [-0.25, -0.2) is 0 Å². The van der Waals surface area contributed by atoms with E-state index in [9.17, 15) is 0 Å². The Morgan fingerprint density at radius 2 is 1.71 bits per heavy atom. The molecule has 2 heterocycles. The molecule has 2 nitrogen and oxygen atoms in total. The van der Waals surface area contributed by atoms with Crippen LogP contribution in [0.4, 0.5) is 0 Å². The third-order valence-electron chi connectivity index (χ3n) is 3.90. The SMILES string of the molecule is Clc1ccc(-c2cncc(CN3CCCCC3)c2)cc1Cl. The second-order valence-corrected chi connectivity index (χ2v) is 6.36. The molecule has 0 N–H and O–H groups in total. The Morgan fingerprint density at radius 3 is 2.48 bits per heavy atom. The van der Waals surface area contributed by atoms with Gasteiger partial charge in [-0.2, -0.15) is 0 Å². The maximum absolute atomic E-state index is 6.10. The summed E-state index contributed by atoms with van der Waals surface area (Å²) < 4.78 is 0. The minimum atomic E-state index is 0.579. The van der Waals surface area contributed by atoms with Crippen molar-refractivity contribution in [2.45, 2.75) is 25.8 Å². The van der Waals surface area contributed by atoms with Crippen molar-refractivity contribution in [2.75, 3.05) is 13.1 Å². The van der Waals surface area contributed by atoms with E-state index in [0.29, 0.717) is 10.0 Å². The lowest BCUT2D eigenvalue weighted by atomic mass is 10.1. The number of piperidine rings is 1. The molecule has 1 aromatic heterocycles. The number of rotatable bonds is 3. The molecule has 1 fully saturated rings. The molecule has 0 saturated carbocycles. The fourth-order valence-corrected chi connectivity index (χ4v) is 3.08. The summed E-state index contributed by atoms with van der Waals surface area (Å²) >= 11 is 12.1. The van der Waals surface area contributed by atoms with Gasteiger partial charge < -0.3 is 0 Å². The van der Waals surface area contributed by atoms with Gasteiger partial charge in [0.2, 0.25) is 0 Å². The summed E-state index contributed by atoms with van der Waals surface area (Å²) in [5, 5.41) is 1.16. The van der Waals surface area contributed by atoms with Gasteiger partial charge in [0.15, 0.2) is 0 Å². The first-order chi connectivity index (χ1) is 10.2. The zero-order chi connectivity index (χ0) is 14.7. The third kappa shape index (κ3) is 3.76. The van der Waals surface area contributed by atoms with E-state index >= 15 is 0 Å². The maximum atomic E-state index is 6.10. The van der Waals surface area contributed by atoms with Gasteiger partial charge in [0.05, 0.1) is 10.0 Å². The summed E-state index contributed by atoms with van der Waals surface area (Å²) in [5.74, 6) is 0. The van der Waals surface area contributed by atoms with Crippen molar-refractivity contribution in [3.63, 3.8) is 0 Å². The molecule has 2 aromatic rings. The van der Waals surface area contributed by atoms with Gasteiger partial charge in [0.25, 0.3) is 0 Å². The molecule has 0 radical (unpaired) electrons. The third-order valence-corrected chi connectivity index (χ3v) is 4.64. The van der Waals surface area contributed by atoms with Crippen LogP contribution in [0, 0.1) is 0 Å². The largest absolute Gasteiger partial charge is 0.299 e. The number of benzene rings is 1. The molecule has 0 atom stereocenters. The fourth-order valence-electron chi connectivity index (χ4n) is 2.78. The molecule has 0 amide bonds. The van der Waals surface area contributed by atoms with Crippen LogP contribution in [0.25, 0.3) is 11.1 Å². The Labute approximate surface area is 135 Å². The van der Waals surface area contributed by atoms with Gasteiger partial charge in [0, 0.05) is 24.5 Å². The highest BCUT2D eigenvalue weighted by molar-refractivity contribution is 6.42. The zero-order valence-electron chi connectivity index (χ0n) is 11.9. The zero-order valence-corrected chi connectivity index (χ0v) is 13.4. The van der Waals surface area contributed by atoms with E-state index in [1.807, 2.05) is 30.6 Å². The van der Waals surface area contributed by atoms with Crippen LogP contribution >= 0.6 is 23.2 Å². The van der Waals surface area contributed by atoms with Crippen molar-refractivity contribution >= 4 is 23.2 Å². The smallest absolute Gasteiger partial charge is 0.0598 e. The second-order valence-electron chi connectivity index (χ2n) is 5.55. The number of nitrogens with zero attached hydrogens (tertiary/aromatic N) is 2. The summed E-state index contributed by atoms with van der Waals surface area (Å²) in [7, 11) is 0. The Morgan fingerprint density at radius 1 is 0.905 bits per heavy atom. The average Bonchev–Trinajstić information content (AvgIpc) is 2.51. The lowest BCUT2D eigenvalue weighted by Crippen LogP contribution is -2.29. The van der Waals surface area contributed by atoms with Crippen LogP contribution < -0.4 is 0 Å². The van der Waals surface area contributed by atoms with Crippen LogP contribution in [-0.2, 0) is 6.54 Å². The number of hydrogen-bond donors (Lipinski definition) is 0. The fraction of sp³-hybridized carbons (Fsp3) is 0.353. The Balaban J connectivity index is 1.80. The van der Waals surface area contributed by atoms with Crippen LogP contribution in [0.5, 0.6) is 0 Å². The molecule has 110 valence electrons. The van der Waals surface area contributed by atoms with Gasteiger partial charge in [-0.3, -0.25) is 9.88 Å². The number of likely N-dealkylation sites (tertiary alicyclic amines) is 1. The first-order valence-electron chi connectivity index (χ1n) is 7.34. The molecule has 1 aromatic carbocycles. The highest BCUT2D eigenvalue weighted by atomic mass is 35.5. The van der Waals surface area contributed by atoms with Crippen molar-refractivity contribution < 1.29 is 0 Å². The van der Waals surface area contributed by atoms with Crippen molar-refractivity contribution in [1.82, 2.24) is 9.88 Å². The number of pyridine rings is 1. The Bertz CT molecular complexity index is 622. The maximum Gasteiger partial charge on any atom is 0.0598 e. The van der Waals surface area contributed by atoms with Crippen LogP contribution in [0.1, 0.15) is 24.8 Å². The second kappa shape index (κ2) is 6.78. The molecule has 3 rings (SSSR count). The van der Waals surface area contributed by atoms with Crippen LogP contribution in [0.2, 0.25) is 10.0 Å². The number of aromatic nitrogens is 1. The quantitative estimate of drug-likeness (QED) is 0.787. The molecule has 1 saturated heterocycles. The van der Waals surface area contributed by atoms with E-state index in [4.69, 9.17) is 23.2 Å². The highest BCUT2D eigenvalue weighted by Crippen LogP contribution is 2.28. The molecule has 0 aliphatic carbocycles. The molecule has 21 heavy (non-hydrogen) atoms. The molecular weight excluding hydrogens is 303 g/mol. The van der Waals surface area contributed by atoms with E-state index in [-0.39, 0.29) is 0 Å². The van der Waals surface area contributed by atoms with Gasteiger partial charge >= 0.3 is 0 Å². The van der Waals surface area contributed by atoms with Crippen molar-refractivity contribution in [1.29, 1.82) is 0 Å². The average molecular weight is 321 g/mol. The van der Waals surface area contributed by atoms with Crippen molar-refractivity contribution in [3.05, 3.63) is 52.3 Å². The molecule has 1 aliphatic heterocycles. The molecule has 4 heteroatoms. The number of hydrogen-bond acceptors (Lipinski definition) is 2. The molecule has 0 bridgehead atoms. The summed E-state index contributed by atoms with van der Waals surface area (Å²) in [4.78, 5) is 6.88. The molecular formula is C17H18Cl2N2. The van der Waals surface area contributed by atoms with Crippen molar-refractivity contribution in [2.24, 2.45) is 0 Å². The van der Waals surface area contributed by atoms with E-state index in [0.717, 1.165) is 17.7 Å². The minimum absolute atomic E-state index is 0.579. The molecule has 0 spiro atoms. The molecule has 0 unspecified atom stereocenters. The van der Waals surface area contributed by atoms with Gasteiger partial charge in [-0.05, 0) is 55.3 Å². The van der Waals surface area contributed by atoms with E-state index in [2.05, 4.69) is 16.0 Å². The summed E-state index contributed by atoms with van der Waals surface area (Å²) in [5.41, 5.74) is 3.39. The van der Waals surface area contributed by atoms with Crippen LogP contribution in [0.3, 0.4) is 0 Å². The van der Waals surface area contributed by atoms with Gasteiger partial charge in [0.1, 0.15) is 0 Å². The lowest BCUT2D eigenvalue weighted by molar-refractivity contribution is 0.220. The van der Waals surface area contributed by atoms with E-state index in [1.165, 1.54) is 37.9 Å². The normalized spacial score (nSPS) is 16.1. The van der Waals surface area contributed by atoms with Crippen molar-refractivity contribution in [3.8, 4) is 11.1 Å². The standard InChI is InChI=1S/C17H18Cl2N2/c18-16-5-4-14(9-17(16)19)15-8-13(10-20-11-15)12-21-6-2-1-3-7-21/h4-5,8-11H,1-3,6-7,12H2. The first kappa shape index (κ1) is 14.8. The Kier molecular flexibility index (Phi) is 4.79. The van der Waals surface area contributed by atoms with E-state index < -0.39 is 0 Å². The van der Waals surface area contributed by atoms with Gasteiger partial charge in [-0.15, -0.1) is 0 Å².